The van der Waals surface area contributed by atoms with Gasteiger partial charge in [0.25, 0.3) is 0 Å². The highest BCUT2D eigenvalue weighted by Crippen LogP contribution is 2.38. The molecule has 1 fully saturated rings. The van der Waals surface area contributed by atoms with E-state index in [2.05, 4.69) is 5.32 Å². The maximum absolute atomic E-state index is 13.1. The van der Waals surface area contributed by atoms with E-state index in [4.69, 9.17) is 0 Å². The van der Waals surface area contributed by atoms with Crippen molar-refractivity contribution in [3.8, 4) is 0 Å². The number of amides is 2. The number of hydrogen-bond donors (Lipinski definition) is 2. The second kappa shape index (κ2) is 6.24. The minimum Gasteiger partial charge on any atom is -0.388 e. The first kappa shape index (κ1) is 15.9. The lowest BCUT2D eigenvalue weighted by atomic mass is 9.78. The molecule has 0 saturated carbocycles. The van der Waals surface area contributed by atoms with Crippen molar-refractivity contribution in [2.24, 2.45) is 11.8 Å². The van der Waals surface area contributed by atoms with E-state index in [-0.39, 0.29) is 24.0 Å². The van der Waals surface area contributed by atoms with E-state index in [0.29, 0.717) is 36.8 Å². The zero-order valence-corrected chi connectivity index (χ0v) is 13.2. The van der Waals surface area contributed by atoms with Crippen LogP contribution in [-0.4, -0.2) is 22.7 Å². The number of benzene rings is 1. The lowest BCUT2D eigenvalue weighted by Gasteiger charge is -2.27. The molecular formula is C18H21NO4. The lowest BCUT2D eigenvalue weighted by Crippen LogP contribution is -2.45. The number of piperidine rings is 1. The van der Waals surface area contributed by atoms with Gasteiger partial charge >= 0.3 is 0 Å². The molecule has 5 heteroatoms. The van der Waals surface area contributed by atoms with Crippen LogP contribution in [0.15, 0.2) is 18.2 Å². The summed E-state index contributed by atoms with van der Waals surface area (Å²) in [5, 5.41) is 12.7. The maximum Gasteiger partial charge on any atom is 0.230 e. The Labute approximate surface area is 135 Å². The predicted octanol–water partition coefficient (Wildman–Crippen LogP) is 1.93. The van der Waals surface area contributed by atoms with Gasteiger partial charge in [0.2, 0.25) is 11.8 Å². The molecule has 1 heterocycles. The summed E-state index contributed by atoms with van der Waals surface area (Å²) in [6.45, 7) is 1.97. The van der Waals surface area contributed by atoms with Gasteiger partial charge in [-0.3, -0.25) is 19.7 Å². The van der Waals surface area contributed by atoms with Crippen LogP contribution in [0.25, 0.3) is 0 Å². The van der Waals surface area contributed by atoms with Crippen LogP contribution >= 0.6 is 0 Å². The Balaban J connectivity index is 2.00. The minimum absolute atomic E-state index is 0.0662. The monoisotopic (exact) mass is 315 g/mol. The summed E-state index contributed by atoms with van der Waals surface area (Å²) in [6.07, 6.45) is 1.60. The van der Waals surface area contributed by atoms with Crippen molar-refractivity contribution >= 4 is 17.6 Å². The van der Waals surface area contributed by atoms with Crippen molar-refractivity contribution in [1.82, 2.24) is 5.32 Å². The number of nitrogens with one attached hydrogen (secondary N) is 1. The largest absolute Gasteiger partial charge is 0.388 e. The molecule has 1 aliphatic carbocycles. The summed E-state index contributed by atoms with van der Waals surface area (Å²) in [7, 11) is 0. The summed E-state index contributed by atoms with van der Waals surface area (Å²) in [4.78, 5) is 36.6. The number of aryl methyl sites for hydroxylation is 1. The van der Waals surface area contributed by atoms with Gasteiger partial charge in [0.1, 0.15) is 0 Å². The summed E-state index contributed by atoms with van der Waals surface area (Å²) in [5.41, 5.74) is 2.16. The smallest absolute Gasteiger partial charge is 0.230 e. The van der Waals surface area contributed by atoms with Crippen molar-refractivity contribution < 1.29 is 19.5 Å². The summed E-state index contributed by atoms with van der Waals surface area (Å²) < 4.78 is 0. The van der Waals surface area contributed by atoms with Crippen LogP contribution in [0, 0.1) is 11.8 Å². The molecule has 1 aromatic rings. The number of carbonyl (C=O) groups excluding carboxylic acids is 3. The van der Waals surface area contributed by atoms with Gasteiger partial charge < -0.3 is 5.11 Å². The summed E-state index contributed by atoms with van der Waals surface area (Å²) in [6, 6.07) is 5.56. The van der Waals surface area contributed by atoms with Crippen LogP contribution in [-0.2, 0) is 16.0 Å². The third-order valence-corrected chi connectivity index (χ3v) is 5.02. The fourth-order valence-electron chi connectivity index (χ4n) is 3.78. The Kier molecular flexibility index (Phi) is 4.31. The Morgan fingerprint density at radius 1 is 1.13 bits per heavy atom. The first-order valence-electron chi connectivity index (χ1n) is 8.20. The molecule has 1 aromatic carbocycles. The van der Waals surface area contributed by atoms with E-state index in [1.54, 1.807) is 6.07 Å². The third-order valence-electron chi connectivity index (χ3n) is 5.02. The van der Waals surface area contributed by atoms with Crippen molar-refractivity contribution in [2.75, 3.05) is 0 Å². The van der Waals surface area contributed by atoms with Gasteiger partial charge in [0.05, 0.1) is 6.10 Å². The first-order chi connectivity index (χ1) is 11.0. The van der Waals surface area contributed by atoms with Crippen LogP contribution in [0.1, 0.15) is 60.2 Å². The second-order valence-electron chi connectivity index (χ2n) is 6.36. The first-order valence-corrected chi connectivity index (χ1v) is 8.20. The molecule has 5 nitrogen and oxygen atoms in total. The fourth-order valence-corrected chi connectivity index (χ4v) is 3.78. The van der Waals surface area contributed by atoms with Crippen molar-refractivity contribution in [2.45, 2.75) is 45.1 Å². The summed E-state index contributed by atoms with van der Waals surface area (Å²) >= 11 is 0. The van der Waals surface area contributed by atoms with Crippen LogP contribution in [0.2, 0.25) is 0 Å². The SMILES string of the molecule is CCc1cccc2c1C(=O)C(C1CCC(=O)NC1=O)CCC2O. The molecule has 0 radical (unpaired) electrons. The number of hydrogen-bond acceptors (Lipinski definition) is 4. The topological polar surface area (TPSA) is 83.5 Å². The van der Waals surface area contributed by atoms with Crippen molar-refractivity contribution in [3.05, 3.63) is 34.9 Å². The van der Waals surface area contributed by atoms with Gasteiger partial charge in [-0.05, 0) is 36.8 Å². The standard InChI is InChI=1S/C18H21NO4/c1-2-10-4-3-5-13-14(20)8-6-11(17(22)16(10)13)12-7-9-15(21)19-18(12)23/h3-5,11-12,14,20H,2,6-9H2,1H3,(H,19,21,23). The number of aliphatic hydroxyl groups excluding tert-OH is 1. The predicted molar refractivity (Wildman–Crippen MR) is 83.7 cm³/mol. The average Bonchev–Trinajstić information content (AvgIpc) is 2.66. The number of ketones is 1. The highest BCUT2D eigenvalue weighted by Gasteiger charge is 2.40. The van der Waals surface area contributed by atoms with Gasteiger partial charge in [-0.1, -0.05) is 25.1 Å². The maximum atomic E-state index is 13.1. The van der Waals surface area contributed by atoms with Crippen LogP contribution < -0.4 is 5.32 Å². The minimum atomic E-state index is -0.682. The number of carbonyl (C=O) groups is 3. The van der Waals surface area contributed by atoms with E-state index in [1.165, 1.54) is 0 Å². The molecule has 2 amide bonds. The molecule has 0 aromatic heterocycles. The number of aliphatic hydroxyl groups is 1. The van der Waals surface area contributed by atoms with Gasteiger partial charge in [0.15, 0.2) is 5.78 Å². The Morgan fingerprint density at radius 2 is 1.91 bits per heavy atom. The number of fused-ring (bicyclic) bond motifs is 1. The zero-order chi connectivity index (χ0) is 16.6. The molecule has 2 N–H and O–H groups in total. The Bertz CT molecular complexity index is 667. The zero-order valence-electron chi connectivity index (χ0n) is 13.2. The van der Waals surface area contributed by atoms with Crippen LogP contribution in [0.3, 0.4) is 0 Å². The van der Waals surface area contributed by atoms with E-state index >= 15 is 0 Å². The molecule has 1 saturated heterocycles. The van der Waals surface area contributed by atoms with E-state index in [9.17, 15) is 19.5 Å². The molecule has 0 bridgehead atoms. The van der Waals surface area contributed by atoms with Crippen LogP contribution in [0.5, 0.6) is 0 Å². The van der Waals surface area contributed by atoms with Crippen LogP contribution in [0.4, 0.5) is 0 Å². The molecule has 122 valence electrons. The highest BCUT2D eigenvalue weighted by atomic mass is 16.3. The molecule has 3 rings (SSSR count). The quantitative estimate of drug-likeness (QED) is 0.645. The van der Waals surface area contributed by atoms with Gasteiger partial charge in [-0.2, -0.15) is 0 Å². The van der Waals surface area contributed by atoms with Gasteiger partial charge in [-0.15, -0.1) is 0 Å². The third kappa shape index (κ3) is 2.81. The van der Waals surface area contributed by atoms with E-state index in [0.717, 1.165) is 5.56 Å². The number of imide groups is 1. The molecular weight excluding hydrogens is 294 g/mol. The molecule has 1 aliphatic heterocycles. The fraction of sp³-hybridized carbons (Fsp3) is 0.500. The lowest BCUT2D eigenvalue weighted by molar-refractivity contribution is -0.137. The number of Topliss-reactive ketones (excluding diaryl/α,β-unsaturated/α-hetero) is 1. The molecule has 3 atom stereocenters. The normalized spacial score (nSPS) is 28.1. The van der Waals surface area contributed by atoms with Gasteiger partial charge in [-0.25, -0.2) is 0 Å². The molecule has 2 aliphatic rings. The Morgan fingerprint density at radius 3 is 2.61 bits per heavy atom. The summed E-state index contributed by atoms with van der Waals surface area (Å²) in [5.74, 6) is -1.65. The Hall–Kier alpha value is -2.01. The average molecular weight is 315 g/mol. The van der Waals surface area contributed by atoms with Gasteiger partial charge in [0, 0.05) is 23.8 Å². The number of rotatable bonds is 2. The van der Waals surface area contributed by atoms with Crippen molar-refractivity contribution in [3.63, 3.8) is 0 Å². The molecule has 0 spiro atoms. The second-order valence-corrected chi connectivity index (χ2v) is 6.36. The van der Waals surface area contributed by atoms with Crippen molar-refractivity contribution in [1.29, 1.82) is 0 Å². The molecule has 23 heavy (non-hydrogen) atoms. The highest BCUT2D eigenvalue weighted by molar-refractivity contribution is 6.06. The molecule has 3 unspecified atom stereocenters. The van der Waals surface area contributed by atoms with E-state index in [1.807, 2.05) is 19.1 Å². The van der Waals surface area contributed by atoms with E-state index < -0.39 is 17.9 Å².